The quantitative estimate of drug-likeness (QED) is 0.291. The van der Waals surface area contributed by atoms with Crippen molar-refractivity contribution in [3.05, 3.63) is 64.7 Å². The number of carbonyl (C=O) groups excluding carboxylic acids is 2. The molecule has 28 heavy (non-hydrogen) atoms. The lowest BCUT2D eigenvalue weighted by molar-refractivity contribution is -0.139. The van der Waals surface area contributed by atoms with Gasteiger partial charge in [0, 0.05) is 25.3 Å². The first-order valence-corrected chi connectivity index (χ1v) is 9.04. The molecule has 0 atom stereocenters. The van der Waals surface area contributed by atoms with E-state index in [1.54, 1.807) is 31.4 Å². The summed E-state index contributed by atoms with van der Waals surface area (Å²) in [5.74, 6) is -0.931. The van der Waals surface area contributed by atoms with Gasteiger partial charge in [0.1, 0.15) is 12.4 Å². The molecule has 7 nitrogen and oxygen atoms in total. The van der Waals surface area contributed by atoms with Crippen molar-refractivity contribution in [1.29, 1.82) is 0 Å². The molecule has 2 rings (SSSR count). The average molecular weight is 404 g/mol. The summed E-state index contributed by atoms with van der Waals surface area (Å²) in [4.78, 5) is 23.2. The molecule has 0 saturated heterocycles. The van der Waals surface area contributed by atoms with Crippen molar-refractivity contribution in [2.45, 2.75) is 13.0 Å². The molecule has 0 aliphatic rings. The van der Waals surface area contributed by atoms with E-state index < -0.39 is 11.8 Å². The van der Waals surface area contributed by atoms with Gasteiger partial charge >= 0.3 is 11.8 Å². The molecule has 2 N–H and O–H groups in total. The average Bonchev–Trinajstić information content (AvgIpc) is 2.70. The Bertz CT molecular complexity index is 827. The van der Waals surface area contributed by atoms with E-state index in [0.717, 1.165) is 5.56 Å². The van der Waals surface area contributed by atoms with Crippen LogP contribution in [0.25, 0.3) is 0 Å². The number of nitrogens with one attached hydrogen (secondary N) is 2. The summed E-state index contributed by atoms with van der Waals surface area (Å²) in [7, 11) is 1.57. The van der Waals surface area contributed by atoms with Gasteiger partial charge in [-0.1, -0.05) is 35.9 Å². The number of ether oxygens (including phenoxy) is 2. The van der Waals surface area contributed by atoms with Crippen molar-refractivity contribution in [3.63, 3.8) is 0 Å². The predicted octanol–water partition coefficient (Wildman–Crippen LogP) is 2.52. The van der Waals surface area contributed by atoms with Gasteiger partial charge in [-0.05, 0) is 41.8 Å². The second kappa shape index (κ2) is 11.7. The third-order valence-electron chi connectivity index (χ3n) is 3.55. The first kappa shape index (κ1) is 21.4. The molecule has 0 aliphatic carbocycles. The van der Waals surface area contributed by atoms with Crippen LogP contribution in [0.5, 0.6) is 5.75 Å². The van der Waals surface area contributed by atoms with E-state index in [1.807, 2.05) is 24.3 Å². The van der Waals surface area contributed by atoms with Crippen LogP contribution in [0.2, 0.25) is 5.02 Å². The van der Waals surface area contributed by atoms with Gasteiger partial charge in [0.2, 0.25) is 0 Å². The van der Waals surface area contributed by atoms with Crippen LogP contribution < -0.4 is 15.5 Å². The number of carbonyl (C=O) groups is 2. The topological polar surface area (TPSA) is 89.0 Å². The molecule has 8 heteroatoms. The van der Waals surface area contributed by atoms with E-state index in [2.05, 4.69) is 15.8 Å². The normalized spacial score (nSPS) is 10.6. The number of rotatable bonds is 9. The van der Waals surface area contributed by atoms with Gasteiger partial charge in [-0.3, -0.25) is 9.59 Å². The number of hydrogen-bond donors (Lipinski definition) is 2. The maximum absolute atomic E-state index is 11.6. The molecule has 0 aliphatic heterocycles. The van der Waals surface area contributed by atoms with E-state index in [9.17, 15) is 9.59 Å². The first-order valence-electron chi connectivity index (χ1n) is 8.66. The van der Waals surface area contributed by atoms with Crippen molar-refractivity contribution in [1.82, 2.24) is 10.7 Å². The SMILES string of the molecule is COCCCNC(=O)C(=O)N/N=C\c1cccc(OCc2cccc(Cl)c2)c1. The smallest absolute Gasteiger partial charge is 0.329 e. The second-order valence-corrected chi connectivity index (χ2v) is 6.23. The standard InChI is InChI=1S/C20H22ClN3O4/c1-27-10-4-9-22-19(25)20(26)24-23-13-15-5-3-8-18(12-15)28-14-16-6-2-7-17(21)11-16/h2-3,5-8,11-13H,4,9-10,14H2,1H3,(H,22,25)(H,24,26)/b23-13-. The number of hydrogen-bond acceptors (Lipinski definition) is 5. The van der Waals surface area contributed by atoms with Gasteiger partial charge in [-0.2, -0.15) is 5.10 Å². The molecule has 0 spiro atoms. The largest absolute Gasteiger partial charge is 0.489 e. The highest BCUT2D eigenvalue weighted by Crippen LogP contribution is 2.16. The summed E-state index contributed by atoms with van der Waals surface area (Å²) in [5.41, 5.74) is 3.85. The van der Waals surface area contributed by atoms with E-state index in [1.165, 1.54) is 6.21 Å². The lowest BCUT2D eigenvalue weighted by Gasteiger charge is -2.07. The molecule has 0 fully saturated rings. The Morgan fingerprint density at radius 2 is 1.96 bits per heavy atom. The summed E-state index contributed by atoms with van der Waals surface area (Å²) < 4.78 is 10.6. The summed E-state index contributed by atoms with van der Waals surface area (Å²) in [6.45, 7) is 1.24. The highest BCUT2D eigenvalue weighted by molar-refractivity contribution is 6.35. The van der Waals surface area contributed by atoms with Crippen LogP contribution in [0.1, 0.15) is 17.5 Å². The molecular weight excluding hydrogens is 382 g/mol. The summed E-state index contributed by atoms with van der Waals surface area (Å²) in [6, 6.07) is 14.6. The minimum absolute atomic E-state index is 0.357. The minimum Gasteiger partial charge on any atom is -0.489 e. The molecule has 2 aromatic carbocycles. The Balaban J connectivity index is 1.81. The highest BCUT2D eigenvalue weighted by atomic mass is 35.5. The Labute approximate surface area is 168 Å². The maximum atomic E-state index is 11.6. The number of amides is 2. The fraction of sp³-hybridized carbons (Fsp3) is 0.250. The molecule has 2 amide bonds. The van der Waals surface area contributed by atoms with E-state index >= 15 is 0 Å². The van der Waals surface area contributed by atoms with Gasteiger partial charge in [0.25, 0.3) is 0 Å². The lowest BCUT2D eigenvalue weighted by atomic mass is 10.2. The van der Waals surface area contributed by atoms with Crippen LogP contribution in [0.4, 0.5) is 0 Å². The lowest BCUT2D eigenvalue weighted by Crippen LogP contribution is -2.38. The first-order chi connectivity index (χ1) is 13.6. The number of hydrazone groups is 1. The Kier molecular flexibility index (Phi) is 8.97. The number of halogens is 1. The molecular formula is C20H22ClN3O4. The van der Waals surface area contributed by atoms with Gasteiger partial charge in [0.15, 0.2) is 0 Å². The van der Waals surface area contributed by atoms with E-state index in [0.29, 0.717) is 42.5 Å². The molecule has 0 aromatic heterocycles. The van der Waals surface area contributed by atoms with Crippen LogP contribution in [-0.4, -0.2) is 38.3 Å². The minimum atomic E-state index is -0.831. The van der Waals surface area contributed by atoms with E-state index in [-0.39, 0.29) is 0 Å². The number of methoxy groups -OCH3 is 1. The monoisotopic (exact) mass is 403 g/mol. The van der Waals surface area contributed by atoms with Gasteiger partial charge in [-0.25, -0.2) is 5.43 Å². The van der Waals surface area contributed by atoms with Crippen LogP contribution in [0.3, 0.4) is 0 Å². The maximum Gasteiger partial charge on any atom is 0.329 e. The van der Waals surface area contributed by atoms with Crippen molar-refractivity contribution >= 4 is 29.6 Å². The molecule has 148 valence electrons. The Hall–Kier alpha value is -2.90. The van der Waals surface area contributed by atoms with Crippen LogP contribution in [0, 0.1) is 0 Å². The molecule has 0 unspecified atom stereocenters. The van der Waals surface area contributed by atoms with Crippen molar-refractivity contribution in [2.24, 2.45) is 5.10 Å². The second-order valence-electron chi connectivity index (χ2n) is 5.79. The molecule has 2 aromatic rings. The predicted molar refractivity (Wildman–Crippen MR) is 107 cm³/mol. The number of benzene rings is 2. The highest BCUT2D eigenvalue weighted by Gasteiger charge is 2.11. The van der Waals surface area contributed by atoms with Crippen molar-refractivity contribution < 1.29 is 19.1 Å². The third-order valence-corrected chi connectivity index (χ3v) is 3.78. The fourth-order valence-electron chi connectivity index (χ4n) is 2.19. The van der Waals surface area contributed by atoms with Crippen molar-refractivity contribution in [2.75, 3.05) is 20.3 Å². The molecule has 0 bridgehead atoms. The van der Waals surface area contributed by atoms with Crippen LogP contribution in [0.15, 0.2) is 53.6 Å². The van der Waals surface area contributed by atoms with Gasteiger partial charge < -0.3 is 14.8 Å². The molecule has 0 saturated carbocycles. The third kappa shape index (κ3) is 7.77. The van der Waals surface area contributed by atoms with Gasteiger partial charge in [-0.15, -0.1) is 0 Å². The van der Waals surface area contributed by atoms with Crippen LogP contribution in [-0.2, 0) is 20.9 Å². The zero-order valence-electron chi connectivity index (χ0n) is 15.5. The fourth-order valence-corrected chi connectivity index (χ4v) is 2.41. The van der Waals surface area contributed by atoms with Gasteiger partial charge in [0.05, 0.1) is 6.21 Å². The van der Waals surface area contributed by atoms with E-state index in [4.69, 9.17) is 21.1 Å². The Morgan fingerprint density at radius 1 is 1.14 bits per heavy atom. The van der Waals surface area contributed by atoms with Crippen molar-refractivity contribution in [3.8, 4) is 5.75 Å². The molecule has 0 radical (unpaired) electrons. The number of nitrogens with zero attached hydrogens (tertiary/aromatic N) is 1. The zero-order chi connectivity index (χ0) is 20.2. The summed E-state index contributed by atoms with van der Waals surface area (Å²) in [5, 5.41) is 6.93. The Morgan fingerprint density at radius 3 is 2.75 bits per heavy atom. The van der Waals surface area contributed by atoms with Crippen LogP contribution >= 0.6 is 11.6 Å². The molecule has 0 heterocycles. The summed E-state index contributed by atoms with van der Waals surface area (Å²) >= 11 is 5.96. The summed E-state index contributed by atoms with van der Waals surface area (Å²) in [6.07, 6.45) is 2.06. The zero-order valence-corrected chi connectivity index (χ0v) is 16.2.